The monoisotopic (exact) mass is 298 g/mol. The molecule has 7 nitrogen and oxygen atoms in total. The fourth-order valence-electron chi connectivity index (χ4n) is 3.35. The number of amides is 1. The van der Waals surface area contributed by atoms with Crippen molar-refractivity contribution in [1.29, 1.82) is 0 Å². The molecule has 0 bridgehead atoms. The van der Waals surface area contributed by atoms with Crippen LogP contribution in [0.2, 0.25) is 0 Å². The SMILES string of the molecule is O=C(O)C1CCC(C(=O)NCC2CN3CCCC3CO2)O1. The maximum absolute atomic E-state index is 12.0. The van der Waals surface area contributed by atoms with Crippen LogP contribution in [0.25, 0.3) is 0 Å². The van der Waals surface area contributed by atoms with Gasteiger partial charge in [0.1, 0.15) is 6.10 Å². The summed E-state index contributed by atoms with van der Waals surface area (Å²) in [5.74, 6) is -1.23. The predicted octanol–water partition coefficient (Wildman–Crippen LogP) is -0.402. The van der Waals surface area contributed by atoms with Crippen LogP contribution in [-0.4, -0.2) is 72.5 Å². The molecule has 3 saturated heterocycles. The van der Waals surface area contributed by atoms with E-state index in [1.54, 1.807) is 0 Å². The van der Waals surface area contributed by atoms with Crippen molar-refractivity contribution in [2.24, 2.45) is 0 Å². The molecule has 3 aliphatic rings. The van der Waals surface area contributed by atoms with Gasteiger partial charge < -0.3 is 19.9 Å². The van der Waals surface area contributed by atoms with Crippen LogP contribution in [-0.2, 0) is 19.1 Å². The van der Waals surface area contributed by atoms with E-state index in [-0.39, 0.29) is 12.0 Å². The van der Waals surface area contributed by atoms with E-state index in [9.17, 15) is 9.59 Å². The van der Waals surface area contributed by atoms with Gasteiger partial charge in [0.15, 0.2) is 6.10 Å². The van der Waals surface area contributed by atoms with Crippen molar-refractivity contribution in [3.8, 4) is 0 Å². The van der Waals surface area contributed by atoms with Gasteiger partial charge in [-0.05, 0) is 32.2 Å². The highest BCUT2D eigenvalue weighted by Crippen LogP contribution is 2.23. The number of nitrogens with zero attached hydrogens (tertiary/aromatic N) is 1. The molecule has 3 aliphatic heterocycles. The van der Waals surface area contributed by atoms with E-state index in [4.69, 9.17) is 14.6 Å². The van der Waals surface area contributed by atoms with Gasteiger partial charge in [-0.15, -0.1) is 0 Å². The van der Waals surface area contributed by atoms with Gasteiger partial charge in [0.2, 0.25) is 5.91 Å². The molecule has 0 radical (unpaired) electrons. The quantitative estimate of drug-likeness (QED) is 0.734. The van der Waals surface area contributed by atoms with E-state index < -0.39 is 18.2 Å². The third-order valence-corrected chi connectivity index (χ3v) is 4.55. The summed E-state index contributed by atoms with van der Waals surface area (Å²) in [5.41, 5.74) is 0. The van der Waals surface area contributed by atoms with Crippen molar-refractivity contribution in [2.45, 2.75) is 50.0 Å². The normalized spacial score (nSPS) is 36.4. The Morgan fingerprint density at radius 2 is 2.05 bits per heavy atom. The highest BCUT2D eigenvalue weighted by atomic mass is 16.5. The molecule has 0 spiro atoms. The smallest absolute Gasteiger partial charge is 0.332 e. The summed E-state index contributed by atoms with van der Waals surface area (Å²) < 4.78 is 11.0. The summed E-state index contributed by atoms with van der Waals surface area (Å²) in [4.78, 5) is 25.2. The molecule has 0 saturated carbocycles. The Morgan fingerprint density at radius 3 is 2.81 bits per heavy atom. The Hall–Kier alpha value is -1.18. The van der Waals surface area contributed by atoms with Crippen LogP contribution >= 0.6 is 0 Å². The van der Waals surface area contributed by atoms with Crippen molar-refractivity contribution in [1.82, 2.24) is 10.2 Å². The fourth-order valence-corrected chi connectivity index (χ4v) is 3.35. The summed E-state index contributed by atoms with van der Waals surface area (Å²) >= 11 is 0. The minimum atomic E-state index is -0.999. The number of nitrogens with one attached hydrogen (secondary N) is 1. The van der Waals surface area contributed by atoms with E-state index in [1.807, 2.05) is 0 Å². The molecule has 3 fully saturated rings. The summed E-state index contributed by atoms with van der Waals surface area (Å²) in [7, 11) is 0. The first-order valence-corrected chi connectivity index (χ1v) is 7.65. The number of carboxylic acids is 1. The summed E-state index contributed by atoms with van der Waals surface area (Å²) in [6, 6.07) is 0.548. The van der Waals surface area contributed by atoms with Gasteiger partial charge >= 0.3 is 5.97 Å². The molecule has 7 heteroatoms. The van der Waals surface area contributed by atoms with Crippen LogP contribution in [0, 0.1) is 0 Å². The zero-order chi connectivity index (χ0) is 14.8. The van der Waals surface area contributed by atoms with Gasteiger partial charge in [0.05, 0.1) is 12.7 Å². The van der Waals surface area contributed by atoms with Gasteiger partial charge in [-0.25, -0.2) is 4.79 Å². The maximum atomic E-state index is 12.0. The lowest BCUT2D eigenvalue weighted by atomic mass is 10.1. The van der Waals surface area contributed by atoms with Crippen molar-refractivity contribution < 1.29 is 24.2 Å². The molecule has 0 aromatic heterocycles. The predicted molar refractivity (Wildman–Crippen MR) is 72.9 cm³/mol. The van der Waals surface area contributed by atoms with Crippen LogP contribution in [0.5, 0.6) is 0 Å². The van der Waals surface area contributed by atoms with Crippen LogP contribution < -0.4 is 5.32 Å². The zero-order valence-corrected chi connectivity index (χ0v) is 12.0. The molecule has 1 amide bonds. The van der Waals surface area contributed by atoms with Crippen molar-refractivity contribution in [3.63, 3.8) is 0 Å². The number of fused-ring (bicyclic) bond motifs is 1. The molecule has 118 valence electrons. The van der Waals surface area contributed by atoms with Crippen molar-refractivity contribution in [3.05, 3.63) is 0 Å². The molecule has 4 atom stereocenters. The summed E-state index contributed by atoms with van der Waals surface area (Å²) in [6.07, 6.45) is 1.79. The Labute approximate surface area is 123 Å². The first kappa shape index (κ1) is 14.7. The van der Waals surface area contributed by atoms with Crippen LogP contribution in [0.3, 0.4) is 0 Å². The van der Waals surface area contributed by atoms with Gasteiger partial charge in [0, 0.05) is 19.1 Å². The molecule has 0 aromatic carbocycles. The average Bonchev–Trinajstić information content (AvgIpc) is 3.12. The van der Waals surface area contributed by atoms with Crippen molar-refractivity contribution in [2.75, 3.05) is 26.2 Å². The van der Waals surface area contributed by atoms with Crippen LogP contribution in [0.1, 0.15) is 25.7 Å². The first-order valence-electron chi connectivity index (χ1n) is 7.65. The third kappa shape index (κ3) is 3.36. The second-order valence-electron chi connectivity index (χ2n) is 6.02. The van der Waals surface area contributed by atoms with E-state index >= 15 is 0 Å². The van der Waals surface area contributed by atoms with Gasteiger partial charge in [0.25, 0.3) is 0 Å². The summed E-state index contributed by atoms with van der Waals surface area (Å²) in [6.45, 7) is 3.17. The number of carbonyl (C=O) groups excluding carboxylic acids is 1. The standard InChI is InChI=1S/C14H22N2O5/c17-13(11-3-4-12(21-11)14(18)19)15-6-10-7-16-5-1-2-9(16)8-20-10/h9-12H,1-8H2,(H,15,17)(H,18,19). The van der Waals surface area contributed by atoms with Crippen LogP contribution in [0.15, 0.2) is 0 Å². The number of carbonyl (C=O) groups is 2. The molecule has 2 N–H and O–H groups in total. The van der Waals surface area contributed by atoms with Gasteiger partial charge in [-0.1, -0.05) is 0 Å². The number of ether oxygens (including phenoxy) is 2. The lowest BCUT2D eigenvalue weighted by Crippen LogP contribution is -2.51. The Balaban J connectivity index is 1.41. The lowest BCUT2D eigenvalue weighted by molar-refractivity contribution is -0.152. The van der Waals surface area contributed by atoms with E-state index in [0.717, 1.165) is 19.7 Å². The average molecular weight is 298 g/mol. The first-order chi connectivity index (χ1) is 10.1. The Bertz CT molecular complexity index is 416. The van der Waals surface area contributed by atoms with E-state index in [2.05, 4.69) is 10.2 Å². The second kappa shape index (κ2) is 6.29. The number of carboxylic acid groups (broad SMARTS) is 1. The van der Waals surface area contributed by atoms with Crippen LogP contribution in [0.4, 0.5) is 0 Å². The number of rotatable bonds is 4. The molecule has 4 unspecified atom stereocenters. The van der Waals surface area contributed by atoms with Gasteiger partial charge in [-0.3, -0.25) is 9.69 Å². The maximum Gasteiger partial charge on any atom is 0.332 e. The van der Waals surface area contributed by atoms with Crippen molar-refractivity contribution >= 4 is 11.9 Å². The minimum Gasteiger partial charge on any atom is -0.479 e. The number of aliphatic carboxylic acids is 1. The lowest BCUT2D eigenvalue weighted by Gasteiger charge is -2.35. The number of hydrogen-bond donors (Lipinski definition) is 2. The largest absolute Gasteiger partial charge is 0.479 e. The molecular weight excluding hydrogens is 276 g/mol. The third-order valence-electron chi connectivity index (χ3n) is 4.55. The molecular formula is C14H22N2O5. The van der Waals surface area contributed by atoms with E-state index in [1.165, 1.54) is 12.8 Å². The Morgan fingerprint density at radius 1 is 1.24 bits per heavy atom. The second-order valence-corrected chi connectivity index (χ2v) is 6.02. The summed E-state index contributed by atoms with van der Waals surface area (Å²) in [5, 5.41) is 11.7. The molecule has 3 rings (SSSR count). The van der Waals surface area contributed by atoms with Gasteiger partial charge in [-0.2, -0.15) is 0 Å². The highest BCUT2D eigenvalue weighted by molar-refractivity contribution is 5.82. The molecule has 0 aromatic rings. The topological polar surface area (TPSA) is 88.1 Å². The number of hydrogen-bond acceptors (Lipinski definition) is 5. The molecule has 21 heavy (non-hydrogen) atoms. The zero-order valence-electron chi connectivity index (χ0n) is 12.0. The molecule has 3 heterocycles. The highest BCUT2D eigenvalue weighted by Gasteiger charge is 2.36. The fraction of sp³-hybridized carbons (Fsp3) is 0.857. The number of morpholine rings is 1. The van der Waals surface area contributed by atoms with E-state index in [0.29, 0.717) is 25.4 Å². The minimum absolute atomic E-state index is 0.0139. The molecule has 0 aliphatic carbocycles. The Kier molecular flexibility index (Phi) is 4.42.